The number of amides is 1. The number of carbonyl (C=O) groups is 1. The summed E-state index contributed by atoms with van der Waals surface area (Å²) in [5.74, 6) is -0.0411. The molecule has 0 aliphatic heterocycles. The van der Waals surface area contributed by atoms with Crippen LogP contribution in [0.2, 0.25) is 0 Å². The summed E-state index contributed by atoms with van der Waals surface area (Å²) in [7, 11) is 1.35. The van der Waals surface area contributed by atoms with Crippen LogP contribution in [0.15, 0.2) is 18.2 Å². The smallest absolute Gasteiger partial charge is 0.254 e. The lowest BCUT2D eigenvalue weighted by Crippen LogP contribution is -2.29. The van der Waals surface area contributed by atoms with Crippen molar-refractivity contribution in [1.29, 1.82) is 0 Å². The molecule has 1 amide bonds. The monoisotopic (exact) mass is 292 g/mol. The third-order valence-corrected chi connectivity index (χ3v) is 3.07. The zero-order valence-electron chi connectivity index (χ0n) is 12.1. The first-order chi connectivity index (χ1) is 10.1. The van der Waals surface area contributed by atoms with Crippen LogP contribution in [0.4, 0.5) is 4.39 Å². The summed E-state index contributed by atoms with van der Waals surface area (Å²) in [5.41, 5.74) is -0.0694. The van der Waals surface area contributed by atoms with Crippen LogP contribution in [0, 0.1) is 12.7 Å². The molecule has 6 nitrogen and oxygen atoms in total. The molecule has 7 heteroatoms. The van der Waals surface area contributed by atoms with Gasteiger partial charge < -0.3 is 10.1 Å². The molecule has 0 saturated heterocycles. The lowest BCUT2D eigenvalue weighted by molar-refractivity contribution is 0.0929. The maximum absolute atomic E-state index is 14.1. The van der Waals surface area contributed by atoms with Gasteiger partial charge in [-0.1, -0.05) is 13.0 Å². The molecule has 0 saturated carbocycles. The number of aromatic nitrogens is 3. The second-order valence-electron chi connectivity index (χ2n) is 4.54. The molecule has 0 unspecified atom stereocenters. The summed E-state index contributed by atoms with van der Waals surface area (Å²) in [6.07, 6.45) is 0.592. The quantitative estimate of drug-likeness (QED) is 0.885. The second kappa shape index (κ2) is 6.34. The number of rotatable bonds is 5. The Kier molecular flexibility index (Phi) is 4.52. The van der Waals surface area contributed by atoms with E-state index >= 15 is 0 Å². The van der Waals surface area contributed by atoms with E-state index in [9.17, 15) is 9.18 Å². The number of H-pyrrole nitrogens is 1. The molecule has 0 aliphatic rings. The van der Waals surface area contributed by atoms with Crippen molar-refractivity contribution in [2.75, 3.05) is 7.11 Å². The van der Waals surface area contributed by atoms with Crippen LogP contribution in [0.3, 0.4) is 0 Å². The van der Waals surface area contributed by atoms with Crippen molar-refractivity contribution >= 4 is 5.91 Å². The number of halogens is 1. The van der Waals surface area contributed by atoms with Crippen LogP contribution in [-0.4, -0.2) is 28.2 Å². The fraction of sp³-hybridized carbons (Fsp3) is 0.357. The van der Waals surface area contributed by atoms with Crippen LogP contribution >= 0.6 is 0 Å². The lowest BCUT2D eigenvalue weighted by atomic mass is 10.1. The SMILES string of the molecule is CC[C@@H](NC(=O)c1cccc(OC)c1F)c1n[nH]c(C)n1. The van der Waals surface area contributed by atoms with Crippen molar-refractivity contribution in [1.82, 2.24) is 20.5 Å². The van der Waals surface area contributed by atoms with Gasteiger partial charge in [0.25, 0.3) is 5.91 Å². The van der Waals surface area contributed by atoms with Gasteiger partial charge in [0.1, 0.15) is 5.82 Å². The zero-order valence-corrected chi connectivity index (χ0v) is 12.1. The molecule has 2 aromatic rings. The van der Waals surface area contributed by atoms with E-state index < -0.39 is 11.7 Å². The minimum Gasteiger partial charge on any atom is -0.494 e. The molecule has 1 atom stereocenters. The number of nitrogens with zero attached hydrogens (tertiary/aromatic N) is 2. The number of benzene rings is 1. The number of nitrogens with one attached hydrogen (secondary N) is 2. The van der Waals surface area contributed by atoms with E-state index in [-0.39, 0.29) is 17.4 Å². The molecule has 21 heavy (non-hydrogen) atoms. The van der Waals surface area contributed by atoms with Gasteiger partial charge in [0, 0.05) is 0 Å². The van der Waals surface area contributed by atoms with Crippen molar-refractivity contribution in [3.05, 3.63) is 41.2 Å². The predicted molar refractivity (Wildman–Crippen MR) is 74.6 cm³/mol. The maximum Gasteiger partial charge on any atom is 0.254 e. The van der Waals surface area contributed by atoms with Crippen molar-refractivity contribution in [2.24, 2.45) is 0 Å². The largest absolute Gasteiger partial charge is 0.494 e. The van der Waals surface area contributed by atoms with Gasteiger partial charge in [-0.15, -0.1) is 0 Å². The van der Waals surface area contributed by atoms with Gasteiger partial charge in [0.15, 0.2) is 17.4 Å². The van der Waals surface area contributed by atoms with E-state index in [1.54, 1.807) is 13.0 Å². The first-order valence-corrected chi connectivity index (χ1v) is 6.59. The first-order valence-electron chi connectivity index (χ1n) is 6.59. The van der Waals surface area contributed by atoms with E-state index in [4.69, 9.17) is 4.74 Å². The highest BCUT2D eigenvalue weighted by Gasteiger charge is 2.21. The molecule has 2 rings (SSSR count). The summed E-state index contributed by atoms with van der Waals surface area (Å²) in [5, 5.41) is 9.47. The number of carbonyl (C=O) groups excluding carboxylic acids is 1. The molecular formula is C14H17FN4O2. The Bertz CT molecular complexity index is 642. The average molecular weight is 292 g/mol. The Morgan fingerprint density at radius 1 is 1.52 bits per heavy atom. The van der Waals surface area contributed by atoms with Crippen LogP contribution < -0.4 is 10.1 Å². The van der Waals surface area contributed by atoms with Crippen molar-refractivity contribution < 1.29 is 13.9 Å². The predicted octanol–water partition coefficient (Wildman–Crippen LogP) is 2.14. The van der Waals surface area contributed by atoms with Gasteiger partial charge in [-0.25, -0.2) is 9.37 Å². The molecule has 0 bridgehead atoms. The van der Waals surface area contributed by atoms with Crippen LogP contribution in [0.5, 0.6) is 5.75 Å². The van der Waals surface area contributed by atoms with Gasteiger partial charge in [-0.05, 0) is 25.5 Å². The van der Waals surface area contributed by atoms with E-state index in [1.807, 2.05) is 6.92 Å². The summed E-state index contributed by atoms with van der Waals surface area (Å²) >= 11 is 0. The molecule has 112 valence electrons. The number of hydrogen-bond donors (Lipinski definition) is 2. The van der Waals surface area contributed by atoms with E-state index in [2.05, 4.69) is 20.5 Å². The fourth-order valence-electron chi connectivity index (χ4n) is 1.94. The summed E-state index contributed by atoms with van der Waals surface area (Å²) in [6.45, 7) is 3.66. The highest BCUT2D eigenvalue weighted by Crippen LogP contribution is 2.21. The standard InChI is InChI=1S/C14H17FN4O2/c1-4-10(13-16-8(2)18-19-13)17-14(20)9-6-5-7-11(21-3)12(9)15/h5-7,10H,4H2,1-3H3,(H,17,20)(H,16,18,19)/t10-/m1/s1. The topological polar surface area (TPSA) is 79.9 Å². The van der Waals surface area contributed by atoms with Gasteiger partial charge in [0.2, 0.25) is 0 Å². The van der Waals surface area contributed by atoms with E-state index in [0.29, 0.717) is 18.1 Å². The number of methoxy groups -OCH3 is 1. The van der Waals surface area contributed by atoms with Crippen LogP contribution in [0.25, 0.3) is 0 Å². The Morgan fingerprint density at radius 3 is 2.86 bits per heavy atom. The zero-order chi connectivity index (χ0) is 15.4. The number of aromatic amines is 1. The Balaban J connectivity index is 2.20. The summed E-state index contributed by atoms with van der Waals surface area (Å²) in [6, 6.07) is 4.05. The minimum atomic E-state index is -0.682. The number of hydrogen-bond acceptors (Lipinski definition) is 4. The van der Waals surface area contributed by atoms with Gasteiger partial charge in [-0.2, -0.15) is 5.10 Å². The minimum absolute atomic E-state index is 0.0319. The van der Waals surface area contributed by atoms with Crippen molar-refractivity contribution in [3.8, 4) is 5.75 Å². The summed E-state index contributed by atoms with van der Waals surface area (Å²) in [4.78, 5) is 16.4. The Hall–Kier alpha value is -2.44. The summed E-state index contributed by atoms with van der Waals surface area (Å²) < 4.78 is 18.9. The number of ether oxygens (including phenoxy) is 1. The molecule has 1 aromatic carbocycles. The molecule has 0 fully saturated rings. The molecule has 1 aromatic heterocycles. The third kappa shape index (κ3) is 3.18. The highest BCUT2D eigenvalue weighted by molar-refractivity contribution is 5.95. The Morgan fingerprint density at radius 2 is 2.29 bits per heavy atom. The average Bonchev–Trinajstić information content (AvgIpc) is 2.91. The fourth-order valence-corrected chi connectivity index (χ4v) is 1.94. The molecule has 1 heterocycles. The lowest BCUT2D eigenvalue weighted by Gasteiger charge is -2.14. The molecule has 0 spiro atoms. The third-order valence-electron chi connectivity index (χ3n) is 3.07. The Labute approximate surface area is 121 Å². The first kappa shape index (κ1) is 15.0. The van der Waals surface area contributed by atoms with Gasteiger partial charge in [-0.3, -0.25) is 9.89 Å². The molecular weight excluding hydrogens is 275 g/mol. The van der Waals surface area contributed by atoms with E-state index in [0.717, 1.165) is 0 Å². The van der Waals surface area contributed by atoms with E-state index in [1.165, 1.54) is 19.2 Å². The maximum atomic E-state index is 14.1. The van der Waals surface area contributed by atoms with Crippen LogP contribution in [-0.2, 0) is 0 Å². The normalized spacial score (nSPS) is 12.0. The van der Waals surface area contributed by atoms with Crippen molar-refractivity contribution in [2.45, 2.75) is 26.3 Å². The number of aryl methyl sites for hydroxylation is 1. The molecule has 0 radical (unpaired) electrons. The van der Waals surface area contributed by atoms with Crippen LogP contribution in [0.1, 0.15) is 41.4 Å². The van der Waals surface area contributed by atoms with Gasteiger partial charge >= 0.3 is 0 Å². The van der Waals surface area contributed by atoms with Gasteiger partial charge in [0.05, 0.1) is 18.7 Å². The molecule has 2 N–H and O–H groups in total. The highest BCUT2D eigenvalue weighted by atomic mass is 19.1. The molecule has 0 aliphatic carbocycles. The van der Waals surface area contributed by atoms with Crippen molar-refractivity contribution in [3.63, 3.8) is 0 Å². The second-order valence-corrected chi connectivity index (χ2v) is 4.54.